The molecule has 124 valence electrons. The summed E-state index contributed by atoms with van der Waals surface area (Å²) in [5, 5.41) is 2.39. The number of rotatable bonds is 5. The third-order valence-electron chi connectivity index (χ3n) is 4.26. The van der Waals surface area contributed by atoms with Crippen LogP contribution in [0.15, 0.2) is 48.5 Å². The first-order valence-corrected chi connectivity index (χ1v) is 8.38. The Morgan fingerprint density at radius 3 is 2.46 bits per heavy atom. The van der Waals surface area contributed by atoms with Gasteiger partial charge >= 0.3 is 0 Å². The first kappa shape index (κ1) is 16.3. The molecule has 0 unspecified atom stereocenters. The number of aryl methyl sites for hydroxylation is 1. The highest BCUT2D eigenvalue weighted by Gasteiger charge is 2.07. The molecule has 0 aromatic heterocycles. The molecular formula is C21H24N2O. The zero-order chi connectivity index (χ0) is 17.1. The number of nitrogens with two attached hydrogens (primary N) is 2. The summed E-state index contributed by atoms with van der Waals surface area (Å²) in [5.41, 5.74) is 17.2. The molecule has 0 radical (unpaired) electrons. The van der Waals surface area contributed by atoms with Gasteiger partial charge in [0, 0.05) is 17.8 Å². The zero-order valence-corrected chi connectivity index (χ0v) is 14.3. The van der Waals surface area contributed by atoms with Crippen LogP contribution in [-0.2, 0) is 6.54 Å². The van der Waals surface area contributed by atoms with E-state index in [4.69, 9.17) is 16.2 Å². The number of hydrogen-bond donors (Lipinski definition) is 2. The van der Waals surface area contributed by atoms with E-state index < -0.39 is 0 Å². The first-order valence-electron chi connectivity index (χ1n) is 8.38. The standard InChI is InChI=1S/C21H24N2O/c1-3-8-24-21-7-5-16(11-18(21)13-22)15-4-6-20-14(2)9-19(23)12-17(20)10-15/h4-7,9-12H,3,8,13,22-23H2,1-2H3. The quantitative estimate of drug-likeness (QED) is 0.673. The molecule has 3 heteroatoms. The van der Waals surface area contributed by atoms with Crippen LogP contribution in [0.5, 0.6) is 5.75 Å². The van der Waals surface area contributed by atoms with E-state index in [1.54, 1.807) is 0 Å². The van der Waals surface area contributed by atoms with Gasteiger partial charge < -0.3 is 16.2 Å². The van der Waals surface area contributed by atoms with Gasteiger partial charge in [0.25, 0.3) is 0 Å². The van der Waals surface area contributed by atoms with Crippen molar-refractivity contribution in [2.45, 2.75) is 26.8 Å². The third kappa shape index (κ3) is 3.22. The van der Waals surface area contributed by atoms with Gasteiger partial charge in [0.2, 0.25) is 0 Å². The average Bonchev–Trinajstić information content (AvgIpc) is 2.59. The van der Waals surface area contributed by atoms with Gasteiger partial charge in [-0.1, -0.05) is 25.1 Å². The first-order chi connectivity index (χ1) is 11.6. The van der Waals surface area contributed by atoms with Gasteiger partial charge in [-0.15, -0.1) is 0 Å². The molecule has 0 aliphatic heterocycles. The van der Waals surface area contributed by atoms with Crippen molar-refractivity contribution in [3.63, 3.8) is 0 Å². The second-order valence-corrected chi connectivity index (χ2v) is 6.15. The summed E-state index contributed by atoms with van der Waals surface area (Å²) >= 11 is 0. The molecule has 0 saturated carbocycles. The van der Waals surface area contributed by atoms with Crippen molar-refractivity contribution < 1.29 is 4.74 Å². The van der Waals surface area contributed by atoms with E-state index in [1.807, 2.05) is 18.2 Å². The van der Waals surface area contributed by atoms with Gasteiger partial charge in [0.05, 0.1) is 6.61 Å². The lowest BCUT2D eigenvalue weighted by atomic mass is 9.97. The van der Waals surface area contributed by atoms with Crippen LogP contribution in [0.25, 0.3) is 21.9 Å². The molecule has 24 heavy (non-hydrogen) atoms. The largest absolute Gasteiger partial charge is 0.493 e. The van der Waals surface area contributed by atoms with E-state index in [1.165, 1.54) is 10.9 Å². The van der Waals surface area contributed by atoms with Crippen LogP contribution < -0.4 is 16.2 Å². The second-order valence-electron chi connectivity index (χ2n) is 6.15. The SMILES string of the molecule is CCCOc1ccc(-c2ccc3c(C)cc(N)cc3c2)cc1CN. The molecule has 0 heterocycles. The van der Waals surface area contributed by atoms with Crippen LogP contribution in [0.1, 0.15) is 24.5 Å². The molecule has 3 aromatic carbocycles. The van der Waals surface area contributed by atoms with E-state index >= 15 is 0 Å². The number of hydrogen-bond acceptors (Lipinski definition) is 3. The molecule has 3 aromatic rings. The van der Waals surface area contributed by atoms with Gasteiger partial charge in [-0.2, -0.15) is 0 Å². The molecule has 0 saturated heterocycles. The summed E-state index contributed by atoms with van der Waals surface area (Å²) in [6.45, 7) is 5.36. The van der Waals surface area contributed by atoms with Gasteiger partial charge in [-0.3, -0.25) is 0 Å². The molecule has 3 nitrogen and oxygen atoms in total. The van der Waals surface area contributed by atoms with E-state index in [2.05, 4.69) is 44.2 Å². The number of anilines is 1. The summed E-state index contributed by atoms with van der Waals surface area (Å²) in [7, 11) is 0. The second kappa shape index (κ2) is 6.93. The third-order valence-corrected chi connectivity index (χ3v) is 4.26. The Morgan fingerprint density at radius 2 is 1.71 bits per heavy atom. The normalized spacial score (nSPS) is 11.0. The lowest BCUT2D eigenvalue weighted by molar-refractivity contribution is 0.314. The predicted molar refractivity (Wildman–Crippen MR) is 102 cm³/mol. The maximum atomic E-state index is 5.99. The van der Waals surface area contributed by atoms with Gasteiger partial charge in [-0.05, 0) is 71.1 Å². The van der Waals surface area contributed by atoms with Crippen LogP contribution in [-0.4, -0.2) is 6.61 Å². The van der Waals surface area contributed by atoms with Gasteiger partial charge in [0.1, 0.15) is 5.75 Å². The summed E-state index contributed by atoms with van der Waals surface area (Å²) < 4.78 is 5.77. The minimum atomic E-state index is 0.465. The van der Waals surface area contributed by atoms with Crippen molar-refractivity contribution in [3.8, 4) is 16.9 Å². The monoisotopic (exact) mass is 320 g/mol. The number of fused-ring (bicyclic) bond motifs is 1. The molecular weight excluding hydrogens is 296 g/mol. The van der Waals surface area contributed by atoms with Crippen LogP contribution in [0.4, 0.5) is 5.69 Å². The van der Waals surface area contributed by atoms with Crippen molar-refractivity contribution in [2.75, 3.05) is 12.3 Å². The van der Waals surface area contributed by atoms with E-state index in [0.29, 0.717) is 13.2 Å². The predicted octanol–water partition coefficient (Wildman–Crippen LogP) is 4.64. The van der Waals surface area contributed by atoms with Crippen LogP contribution >= 0.6 is 0 Å². The molecule has 0 spiro atoms. The highest BCUT2D eigenvalue weighted by molar-refractivity contribution is 5.92. The average molecular weight is 320 g/mol. The summed E-state index contributed by atoms with van der Waals surface area (Å²) in [6, 6.07) is 16.7. The van der Waals surface area contributed by atoms with Crippen molar-refractivity contribution >= 4 is 16.5 Å². The lowest BCUT2D eigenvalue weighted by Crippen LogP contribution is -2.03. The highest BCUT2D eigenvalue weighted by atomic mass is 16.5. The van der Waals surface area contributed by atoms with Crippen molar-refractivity contribution in [1.29, 1.82) is 0 Å². The Balaban J connectivity index is 2.03. The highest BCUT2D eigenvalue weighted by Crippen LogP contribution is 2.31. The summed E-state index contributed by atoms with van der Waals surface area (Å²) in [6.07, 6.45) is 0.983. The fourth-order valence-corrected chi connectivity index (χ4v) is 3.04. The Kier molecular flexibility index (Phi) is 4.72. The van der Waals surface area contributed by atoms with E-state index in [-0.39, 0.29) is 0 Å². The Morgan fingerprint density at radius 1 is 0.958 bits per heavy atom. The smallest absolute Gasteiger partial charge is 0.123 e. The molecule has 0 atom stereocenters. The molecule has 0 aliphatic carbocycles. The van der Waals surface area contributed by atoms with Crippen molar-refractivity contribution in [3.05, 3.63) is 59.7 Å². The Bertz CT molecular complexity index is 871. The van der Waals surface area contributed by atoms with Gasteiger partial charge in [-0.25, -0.2) is 0 Å². The molecule has 4 N–H and O–H groups in total. The van der Waals surface area contributed by atoms with E-state index in [9.17, 15) is 0 Å². The minimum absolute atomic E-state index is 0.465. The summed E-state index contributed by atoms with van der Waals surface area (Å²) in [4.78, 5) is 0. The maximum Gasteiger partial charge on any atom is 0.123 e. The topological polar surface area (TPSA) is 61.3 Å². The molecule has 0 amide bonds. The lowest BCUT2D eigenvalue weighted by Gasteiger charge is -2.13. The Labute approximate surface area is 143 Å². The zero-order valence-electron chi connectivity index (χ0n) is 14.3. The number of ether oxygens (including phenoxy) is 1. The van der Waals surface area contributed by atoms with Crippen LogP contribution in [0, 0.1) is 6.92 Å². The van der Waals surface area contributed by atoms with Crippen molar-refractivity contribution in [2.24, 2.45) is 5.73 Å². The molecule has 3 rings (SSSR count). The number of nitrogen functional groups attached to an aromatic ring is 1. The minimum Gasteiger partial charge on any atom is -0.493 e. The maximum absolute atomic E-state index is 5.99. The van der Waals surface area contributed by atoms with Gasteiger partial charge in [0.15, 0.2) is 0 Å². The molecule has 0 fully saturated rings. The van der Waals surface area contributed by atoms with Crippen LogP contribution in [0.3, 0.4) is 0 Å². The Hall–Kier alpha value is -2.52. The molecule has 0 bridgehead atoms. The summed E-state index contributed by atoms with van der Waals surface area (Å²) in [5.74, 6) is 0.879. The van der Waals surface area contributed by atoms with Crippen LogP contribution in [0.2, 0.25) is 0 Å². The molecule has 0 aliphatic rings. The fourth-order valence-electron chi connectivity index (χ4n) is 3.04. The number of benzene rings is 3. The van der Waals surface area contributed by atoms with E-state index in [0.717, 1.165) is 39.9 Å². The fraction of sp³-hybridized carbons (Fsp3) is 0.238. The van der Waals surface area contributed by atoms with Crippen molar-refractivity contribution in [1.82, 2.24) is 0 Å².